The number of aromatic nitrogens is 1. The Labute approximate surface area is 223 Å². The number of benzene rings is 2. The van der Waals surface area contributed by atoms with Crippen LogP contribution in [0.5, 0.6) is 5.75 Å². The fraction of sp³-hybridized carbons (Fsp3) is 0.379. The molecule has 1 aromatic heterocycles. The van der Waals surface area contributed by atoms with Gasteiger partial charge >= 0.3 is 6.18 Å². The first kappa shape index (κ1) is 27.5. The van der Waals surface area contributed by atoms with Crippen LogP contribution in [0, 0.1) is 17.2 Å². The molecular weight excluding hydrogens is 513 g/mol. The lowest BCUT2D eigenvalue weighted by atomic mass is 9.87. The third kappa shape index (κ3) is 7.99. The number of alkyl halides is 3. The van der Waals surface area contributed by atoms with E-state index in [1.54, 1.807) is 48.5 Å². The van der Waals surface area contributed by atoms with Gasteiger partial charge < -0.3 is 4.74 Å². The van der Waals surface area contributed by atoms with E-state index in [9.17, 15) is 22.8 Å². The number of Topliss-reactive ketones (excluding diaryl/α,β-unsaturated/α-hetero) is 2. The molecule has 38 heavy (non-hydrogen) atoms. The van der Waals surface area contributed by atoms with Gasteiger partial charge in [-0.1, -0.05) is 24.3 Å². The maximum atomic E-state index is 12.9. The molecule has 0 saturated heterocycles. The van der Waals surface area contributed by atoms with Gasteiger partial charge in [0.05, 0.1) is 23.7 Å². The van der Waals surface area contributed by atoms with Crippen LogP contribution in [0.15, 0.2) is 48.5 Å². The number of aryl methyl sites for hydroxylation is 1. The molecule has 1 aliphatic carbocycles. The van der Waals surface area contributed by atoms with Gasteiger partial charge in [0.2, 0.25) is 0 Å². The Morgan fingerprint density at radius 1 is 1.13 bits per heavy atom. The molecule has 0 saturated carbocycles. The maximum absolute atomic E-state index is 12.9. The van der Waals surface area contributed by atoms with Gasteiger partial charge in [-0.2, -0.15) is 18.4 Å². The zero-order valence-corrected chi connectivity index (χ0v) is 21.5. The highest BCUT2D eigenvalue weighted by molar-refractivity contribution is 7.11. The molecule has 0 amide bonds. The molecule has 198 valence electrons. The van der Waals surface area contributed by atoms with Crippen molar-refractivity contribution in [2.75, 3.05) is 6.61 Å². The number of rotatable bonds is 11. The van der Waals surface area contributed by atoms with Gasteiger partial charge in [0, 0.05) is 23.3 Å². The number of halogens is 3. The van der Waals surface area contributed by atoms with E-state index in [-0.39, 0.29) is 43.4 Å². The summed E-state index contributed by atoms with van der Waals surface area (Å²) >= 11 is 1.47. The molecule has 1 heterocycles. The first-order valence-electron chi connectivity index (χ1n) is 12.5. The highest BCUT2D eigenvalue weighted by atomic mass is 32.1. The fourth-order valence-electron chi connectivity index (χ4n) is 4.55. The van der Waals surface area contributed by atoms with E-state index in [0.29, 0.717) is 28.3 Å². The van der Waals surface area contributed by atoms with Crippen LogP contribution < -0.4 is 4.74 Å². The third-order valence-corrected chi connectivity index (χ3v) is 7.63. The Morgan fingerprint density at radius 3 is 2.66 bits per heavy atom. The zero-order chi connectivity index (χ0) is 27.1. The highest BCUT2D eigenvalue weighted by Gasteiger charge is 2.28. The van der Waals surface area contributed by atoms with Crippen molar-refractivity contribution < 1.29 is 27.5 Å². The Kier molecular flexibility index (Phi) is 8.95. The fourth-order valence-corrected chi connectivity index (χ4v) is 5.78. The molecule has 5 nitrogen and oxygen atoms in total. The second-order valence-electron chi connectivity index (χ2n) is 9.53. The molecule has 0 unspecified atom stereocenters. The first-order valence-corrected chi connectivity index (χ1v) is 13.3. The molecule has 0 aliphatic heterocycles. The summed E-state index contributed by atoms with van der Waals surface area (Å²) in [7, 11) is 0. The van der Waals surface area contributed by atoms with Gasteiger partial charge in [0.1, 0.15) is 17.4 Å². The largest absolute Gasteiger partial charge is 0.486 e. The van der Waals surface area contributed by atoms with Crippen LogP contribution in [-0.4, -0.2) is 29.3 Å². The summed E-state index contributed by atoms with van der Waals surface area (Å²) in [5, 5.41) is 9.57. The maximum Gasteiger partial charge on any atom is 0.389 e. The Morgan fingerprint density at radius 2 is 1.92 bits per heavy atom. The third-order valence-electron chi connectivity index (χ3n) is 6.51. The molecule has 0 N–H and O–H groups in total. The summed E-state index contributed by atoms with van der Waals surface area (Å²) in [5.41, 5.74) is 2.74. The van der Waals surface area contributed by atoms with Gasteiger partial charge in [-0.15, -0.1) is 11.3 Å². The van der Waals surface area contributed by atoms with Crippen molar-refractivity contribution in [3.63, 3.8) is 0 Å². The Balaban J connectivity index is 1.28. The number of ether oxygens (including phenoxy) is 1. The van der Waals surface area contributed by atoms with E-state index in [0.717, 1.165) is 35.4 Å². The van der Waals surface area contributed by atoms with E-state index >= 15 is 0 Å². The molecule has 3 aromatic rings. The molecule has 2 aromatic carbocycles. The van der Waals surface area contributed by atoms with E-state index in [1.165, 1.54) is 11.3 Å². The number of nitrogens with zero attached hydrogens (tertiary/aromatic N) is 2. The van der Waals surface area contributed by atoms with Crippen LogP contribution in [0.2, 0.25) is 0 Å². The molecule has 0 fully saturated rings. The van der Waals surface area contributed by atoms with E-state index in [4.69, 9.17) is 10.00 Å². The zero-order valence-electron chi connectivity index (χ0n) is 20.7. The van der Waals surface area contributed by atoms with E-state index in [1.807, 2.05) is 6.07 Å². The molecule has 1 aliphatic rings. The summed E-state index contributed by atoms with van der Waals surface area (Å²) in [4.78, 5) is 30.9. The number of nitriles is 1. The molecule has 4 rings (SSSR count). The smallest absolute Gasteiger partial charge is 0.389 e. The summed E-state index contributed by atoms with van der Waals surface area (Å²) in [6, 6.07) is 15.5. The molecular formula is C29H27F3N2O3S. The quantitative estimate of drug-likeness (QED) is 0.261. The predicted octanol–water partition coefficient (Wildman–Crippen LogP) is 6.47. The lowest BCUT2D eigenvalue weighted by Gasteiger charge is -2.21. The number of thiazole rings is 1. The number of ketones is 2. The topological polar surface area (TPSA) is 80.0 Å². The van der Waals surface area contributed by atoms with Crippen LogP contribution in [0.4, 0.5) is 13.2 Å². The average Bonchev–Trinajstić information content (AvgIpc) is 3.29. The monoisotopic (exact) mass is 540 g/mol. The van der Waals surface area contributed by atoms with Crippen molar-refractivity contribution in [2.45, 2.75) is 57.5 Å². The number of hydrogen-bond acceptors (Lipinski definition) is 6. The van der Waals surface area contributed by atoms with Crippen molar-refractivity contribution >= 4 is 22.9 Å². The standard InChI is InChI=1S/C29H27F3N2O3S/c30-29(31,32)12-2-3-19-10-11-25-27(14-19)38-28(34-25)16-26(36)22-4-1-5-24(15-22)37-18-23(35)13-20-6-8-21(17-33)9-7-20/h1,4-9,15,19H,2-3,10-14,16,18H2/t19-/m0/s1. The first-order chi connectivity index (χ1) is 18.2. The molecule has 0 radical (unpaired) electrons. The molecule has 1 atom stereocenters. The van der Waals surface area contributed by atoms with E-state index in [2.05, 4.69) is 4.98 Å². The number of carbonyl (C=O) groups is 2. The van der Waals surface area contributed by atoms with E-state index < -0.39 is 12.6 Å². The second kappa shape index (κ2) is 12.4. The van der Waals surface area contributed by atoms with Crippen LogP contribution >= 0.6 is 11.3 Å². The minimum Gasteiger partial charge on any atom is -0.486 e. The van der Waals surface area contributed by atoms with Gasteiger partial charge in [-0.3, -0.25) is 9.59 Å². The molecule has 9 heteroatoms. The van der Waals surface area contributed by atoms with Gasteiger partial charge in [0.15, 0.2) is 11.6 Å². The minimum absolute atomic E-state index is 0.118. The number of hydrogen-bond donors (Lipinski definition) is 0. The van der Waals surface area contributed by atoms with Crippen molar-refractivity contribution in [3.8, 4) is 11.8 Å². The van der Waals surface area contributed by atoms with Crippen LogP contribution in [0.25, 0.3) is 0 Å². The summed E-state index contributed by atoms with van der Waals surface area (Å²) in [5.74, 6) is 0.398. The average molecular weight is 541 g/mol. The summed E-state index contributed by atoms with van der Waals surface area (Å²) < 4.78 is 43.0. The highest BCUT2D eigenvalue weighted by Crippen LogP contribution is 2.34. The normalized spacial score (nSPS) is 14.9. The van der Waals surface area contributed by atoms with Crippen molar-refractivity contribution in [1.29, 1.82) is 5.26 Å². The lowest BCUT2D eigenvalue weighted by Crippen LogP contribution is -2.14. The second-order valence-corrected chi connectivity index (χ2v) is 10.7. The summed E-state index contributed by atoms with van der Waals surface area (Å²) in [6.45, 7) is -0.138. The lowest BCUT2D eigenvalue weighted by molar-refractivity contribution is -0.136. The van der Waals surface area contributed by atoms with Gasteiger partial charge in [0.25, 0.3) is 0 Å². The Bertz CT molecular complexity index is 1330. The SMILES string of the molecule is N#Cc1ccc(CC(=O)COc2cccc(C(=O)Cc3nc4c(s3)C[C@@H](CCCC(F)(F)F)CC4)c2)cc1. The molecule has 0 spiro atoms. The number of fused-ring (bicyclic) bond motifs is 1. The van der Waals surface area contributed by atoms with Crippen LogP contribution in [0.3, 0.4) is 0 Å². The molecule has 0 bridgehead atoms. The van der Waals surface area contributed by atoms with Crippen molar-refractivity contribution in [2.24, 2.45) is 5.92 Å². The summed E-state index contributed by atoms with van der Waals surface area (Å²) in [6.07, 6.45) is -1.56. The van der Waals surface area contributed by atoms with Gasteiger partial charge in [-0.25, -0.2) is 4.98 Å². The Hall–Kier alpha value is -3.51. The number of carbonyl (C=O) groups excluding carboxylic acids is 2. The van der Waals surface area contributed by atoms with Crippen LogP contribution in [-0.2, 0) is 30.5 Å². The van der Waals surface area contributed by atoms with Gasteiger partial charge in [-0.05, 0) is 67.9 Å². The van der Waals surface area contributed by atoms with Crippen LogP contribution in [0.1, 0.15) is 62.7 Å². The van der Waals surface area contributed by atoms with Crippen molar-refractivity contribution in [3.05, 3.63) is 80.8 Å². The predicted molar refractivity (Wildman–Crippen MR) is 137 cm³/mol. The minimum atomic E-state index is -4.11. The van der Waals surface area contributed by atoms with Crippen molar-refractivity contribution in [1.82, 2.24) is 4.98 Å².